The molecule has 62 heavy (non-hydrogen) atoms. The lowest BCUT2D eigenvalue weighted by Crippen LogP contribution is -2.46. The van der Waals surface area contributed by atoms with Crippen molar-refractivity contribution in [2.75, 3.05) is 7.11 Å². The molecule has 0 saturated carbocycles. The number of esters is 1. The van der Waals surface area contributed by atoms with Crippen LogP contribution in [0.5, 0.6) is 23.3 Å². The van der Waals surface area contributed by atoms with E-state index in [0.29, 0.717) is 0 Å². The molecule has 0 aliphatic heterocycles. The summed E-state index contributed by atoms with van der Waals surface area (Å²) in [5, 5.41) is 41.2. The number of alkyl halides is 6. The lowest BCUT2D eigenvalue weighted by molar-refractivity contribution is -0.274. The van der Waals surface area contributed by atoms with E-state index in [1.54, 1.807) is 0 Å². The Morgan fingerprint density at radius 2 is 1.05 bits per heavy atom. The number of halogens is 8. The molecule has 4 aromatic carbocycles. The molecule has 0 bridgehead atoms. The number of carbonyl (C=O) groups is 1. The topological polar surface area (TPSA) is 146 Å². The normalized spacial score (nSPS) is 14.7. The maximum atomic E-state index is 14.8. The Bertz CT molecular complexity index is 2610. The summed E-state index contributed by atoms with van der Waals surface area (Å²) in [7, 11) is 1.09. The molecule has 1 aromatic heterocycles. The minimum atomic E-state index is -5.20. The van der Waals surface area contributed by atoms with Gasteiger partial charge in [-0.3, -0.25) is 0 Å². The molecule has 17 heteroatoms. The molecule has 9 nitrogen and oxygen atoms in total. The van der Waals surface area contributed by atoms with Crippen LogP contribution in [0, 0.1) is 50.4 Å². The summed E-state index contributed by atoms with van der Waals surface area (Å²) in [5.41, 5.74) is -6.95. The van der Waals surface area contributed by atoms with Gasteiger partial charge in [-0.25, -0.2) is 4.79 Å². The van der Waals surface area contributed by atoms with Gasteiger partial charge in [0.1, 0.15) is 17.1 Å². The molecule has 5 rings (SSSR count). The highest BCUT2D eigenvalue weighted by atomic mass is 35.5. The number of benzene rings is 4. The first kappa shape index (κ1) is 47.2. The Kier molecular flexibility index (Phi) is 13.3. The molecular formula is C45H37Cl2F6N3O6. The maximum Gasteiger partial charge on any atom is 0.422 e. The van der Waals surface area contributed by atoms with E-state index >= 15 is 0 Å². The van der Waals surface area contributed by atoms with Crippen LogP contribution in [0.25, 0.3) is 0 Å². The zero-order chi connectivity index (χ0) is 46.3. The molecule has 0 amide bonds. The second-order valence-corrected chi connectivity index (χ2v) is 15.5. The zero-order valence-electron chi connectivity index (χ0n) is 34.0. The number of nitrogens with zero attached hydrogens (tertiary/aromatic N) is 3. The van der Waals surface area contributed by atoms with Crippen LogP contribution in [0.4, 0.5) is 26.3 Å². The van der Waals surface area contributed by atoms with Crippen molar-refractivity contribution in [3.8, 4) is 35.4 Å². The van der Waals surface area contributed by atoms with Gasteiger partial charge < -0.3 is 24.4 Å². The molecule has 0 radical (unpaired) electrons. The molecular weight excluding hydrogens is 863 g/mol. The van der Waals surface area contributed by atoms with Gasteiger partial charge in [-0.2, -0.15) is 41.9 Å². The molecule has 0 fully saturated rings. The Morgan fingerprint density at radius 1 is 0.661 bits per heavy atom. The quantitative estimate of drug-likeness (QED) is 0.0977. The summed E-state index contributed by atoms with van der Waals surface area (Å²) in [4.78, 5) is 16.9. The summed E-state index contributed by atoms with van der Waals surface area (Å²) < 4.78 is 105. The fourth-order valence-electron chi connectivity index (χ4n) is 7.39. The molecule has 0 aliphatic carbocycles. The van der Waals surface area contributed by atoms with Crippen molar-refractivity contribution in [3.63, 3.8) is 0 Å². The van der Waals surface area contributed by atoms with E-state index in [0.717, 1.165) is 51.3 Å². The molecule has 0 aliphatic rings. The summed E-state index contributed by atoms with van der Waals surface area (Å²) >= 11 is 13.1. The van der Waals surface area contributed by atoms with Gasteiger partial charge in [-0.15, -0.1) is 0 Å². The van der Waals surface area contributed by atoms with Gasteiger partial charge in [0, 0.05) is 27.9 Å². The summed E-state index contributed by atoms with van der Waals surface area (Å²) in [6.45, 7) is 8.15. The van der Waals surface area contributed by atoms with Crippen LogP contribution < -0.4 is 9.47 Å². The van der Waals surface area contributed by atoms with E-state index in [2.05, 4.69) is 4.98 Å². The van der Waals surface area contributed by atoms with Crippen molar-refractivity contribution < 1.29 is 55.6 Å². The van der Waals surface area contributed by atoms with E-state index in [4.69, 9.17) is 37.4 Å². The van der Waals surface area contributed by atoms with Crippen molar-refractivity contribution in [2.24, 2.45) is 0 Å². The lowest BCUT2D eigenvalue weighted by atomic mass is 9.76. The Hall–Kier alpha value is -5.84. The van der Waals surface area contributed by atoms with Crippen molar-refractivity contribution in [1.82, 2.24) is 4.98 Å². The predicted octanol–water partition coefficient (Wildman–Crippen LogP) is 11.8. The number of aryl methyl sites for hydroxylation is 4. The van der Waals surface area contributed by atoms with Gasteiger partial charge in [0.2, 0.25) is 11.8 Å². The van der Waals surface area contributed by atoms with Crippen LogP contribution in [0.2, 0.25) is 10.0 Å². The predicted molar refractivity (Wildman–Crippen MR) is 217 cm³/mol. The molecule has 4 unspecified atom stereocenters. The number of pyridine rings is 1. The summed E-state index contributed by atoms with van der Waals surface area (Å²) in [6.07, 6.45) is -10.4. The summed E-state index contributed by atoms with van der Waals surface area (Å²) in [6, 6.07) is 18.1. The number of ether oxygens (including phenoxy) is 3. The van der Waals surface area contributed by atoms with E-state index < -0.39 is 58.4 Å². The first-order valence-corrected chi connectivity index (χ1v) is 19.2. The fourth-order valence-corrected chi connectivity index (χ4v) is 8.06. The van der Waals surface area contributed by atoms with Gasteiger partial charge in [0.05, 0.1) is 30.4 Å². The Balaban J connectivity index is 1.46. The van der Waals surface area contributed by atoms with Crippen LogP contribution in [0.1, 0.15) is 91.7 Å². The number of hydrogen-bond acceptors (Lipinski definition) is 9. The van der Waals surface area contributed by atoms with Crippen molar-refractivity contribution >= 4 is 29.2 Å². The highest BCUT2D eigenvalue weighted by Gasteiger charge is 2.60. The Morgan fingerprint density at radius 3 is 1.39 bits per heavy atom. The maximum absolute atomic E-state index is 14.8. The second kappa shape index (κ2) is 17.5. The zero-order valence-corrected chi connectivity index (χ0v) is 35.5. The molecule has 5 aromatic rings. The number of carbonyl (C=O) groups excluding carboxylic acids is 1. The van der Waals surface area contributed by atoms with Crippen LogP contribution in [0.3, 0.4) is 0 Å². The van der Waals surface area contributed by atoms with Gasteiger partial charge >= 0.3 is 18.3 Å². The molecule has 324 valence electrons. The van der Waals surface area contributed by atoms with Crippen molar-refractivity contribution in [3.05, 3.63) is 144 Å². The molecule has 4 atom stereocenters. The van der Waals surface area contributed by atoms with E-state index in [-0.39, 0.29) is 77.5 Å². The number of nitriles is 2. The van der Waals surface area contributed by atoms with Gasteiger partial charge in [-0.1, -0.05) is 73.4 Å². The van der Waals surface area contributed by atoms with Crippen LogP contribution >= 0.6 is 23.2 Å². The lowest BCUT2D eigenvalue weighted by Gasteiger charge is -2.37. The number of hydrogen-bond donors (Lipinski definition) is 2. The number of rotatable bonds is 11. The number of methoxy groups -OCH3 is 1. The highest BCUT2D eigenvalue weighted by molar-refractivity contribution is 6.32. The second-order valence-electron chi connectivity index (χ2n) is 14.7. The Labute approximate surface area is 362 Å². The average Bonchev–Trinajstić information content (AvgIpc) is 3.18. The SMILES string of the molecule is COC(=O)c1ccc(Oc2ccc(C(C)C(O)(c3cc(C)c(C#N)c(C)c3)C(F)(F)F)c(Cl)c2)nc1Oc1ccc(C(C)C(O)(c2cc(C)c(C#N)c(C)c2)C(F)(F)F)c(Cl)c1. The van der Waals surface area contributed by atoms with Crippen LogP contribution in [0.15, 0.2) is 72.8 Å². The third-order valence-corrected chi connectivity index (χ3v) is 11.5. The van der Waals surface area contributed by atoms with Gasteiger partial charge in [0.15, 0.2) is 11.2 Å². The van der Waals surface area contributed by atoms with E-state index in [1.165, 1.54) is 70.2 Å². The molecule has 2 N–H and O–H groups in total. The molecule has 0 spiro atoms. The fraction of sp³-hybridized carbons (Fsp3) is 0.289. The van der Waals surface area contributed by atoms with E-state index in [1.807, 2.05) is 12.1 Å². The monoisotopic (exact) mass is 899 g/mol. The highest BCUT2D eigenvalue weighted by Crippen LogP contribution is 2.52. The smallest absolute Gasteiger partial charge is 0.422 e. The first-order valence-electron chi connectivity index (χ1n) is 18.5. The largest absolute Gasteiger partial charge is 0.465 e. The molecule has 1 heterocycles. The first-order chi connectivity index (χ1) is 28.8. The van der Waals surface area contributed by atoms with Gasteiger partial charge in [0.25, 0.3) is 0 Å². The average molecular weight is 901 g/mol. The van der Waals surface area contributed by atoms with Crippen LogP contribution in [-0.4, -0.2) is 40.6 Å². The number of aliphatic hydroxyl groups is 2. The van der Waals surface area contributed by atoms with E-state index in [9.17, 15) is 51.9 Å². The van der Waals surface area contributed by atoms with Crippen LogP contribution in [-0.2, 0) is 15.9 Å². The number of aromatic nitrogens is 1. The van der Waals surface area contributed by atoms with Crippen molar-refractivity contribution in [2.45, 2.75) is 76.9 Å². The van der Waals surface area contributed by atoms with Gasteiger partial charge in [-0.05, 0) is 103 Å². The van der Waals surface area contributed by atoms with Crippen molar-refractivity contribution in [1.29, 1.82) is 10.5 Å². The minimum Gasteiger partial charge on any atom is -0.465 e. The third-order valence-electron chi connectivity index (χ3n) is 10.8. The minimum absolute atomic E-state index is 0.0259. The molecule has 0 saturated heterocycles. The standard InChI is InChI=1S/C45H37Cl2F6N3O6/c1-22-14-28(15-23(2)35(22)20-54)42(58,44(48,49)50)26(5)32-10-8-30(18-37(32)46)61-39-13-12-34(41(57)60-7)40(56-39)62-31-9-11-33(38(47)19-31)27(6)43(59,45(51,52)53)29-16-24(3)36(21-55)25(4)17-29/h8-19,26-27,58-59H,1-7H3. The third kappa shape index (κ3) is 8.63. The summed E-state index contributed by atoms with van der Waals surface area (Å²) in [5.74, 6) is -5.00.